The van der Waals surface area contributed by atoms with Gasteiger partial charge in [0.1, 0.15) is 24.2 Å². The van der Waals surface area contributed by atoms with Gasteiger partial charge in [-0.3, -0.25) is 15.0 Å². The van der Waals surface area contributed by atoms with Gasteiger partial charge >= 0.3 is 0 Å². The lowest BCUT2D eigenvalue weighted by Gasteiger charge is -2.21. The van der Waals surface area contributed by atoms with Crippen LogP contribution in [-0.4, -0.2) is 48.3 Å². The molecule has 8 heteroatoms. The summed E-state index contributed by atoms with van der Waals surface area (Å²) in [4.78, 5) is 12.2. The van der Waals surface area contributed by atoms with Gasteiger partial charge < -0.3 is 14.6 Å². The normalized spacial score (nSPS) is 12.0. The van der Waals surface area contributed by atoms with E-state index in [-0.39, 0.29) is 12.3 Å². The van der Waals surface area contributed by atoms with Gasteiger partial charge in [0.15, 0.2) is 0 Å². The second kappa shape index (κ2) is 9.38. The van der Waals surface area contributed by atoms with Crippen LogP contribution in [0.1, 0.15) is 5.56 Å². The standard InChI is InChI=1S/C18H21ClN2O5/c1-20(10-13-9-14(21(23)24)3-8-18(13)19)11-15(22)12-26-17-6-4-16(25-2)5-7-17/h3-9,15,22H,10-12H2,1-2H3/t15-/m0/s1. The molecule has 0 bridgehead atoms. The SMILES string of the molecule is COc1ccc(OC[C@@H](O)CN(C)Cc2cc([N+](=O)[O-])ccc2Cl)cc1. The van der Waals surface area contributed by atoms with Crippen molar-refractivity contribution in [1.82, 2.24) is 4.90 Å². The smallest absolute Gasteiger partial charge is 0.269 e. The van der Waals surface area contributed by atoms with E-state index < -0.39 is 11.0 Å². The maximum atomic E-state index is 10.9. The van der Waals surface area contributed by atoms with Gasteiger partial charge in [-0.25, -0.2) is 0 Å². The van der Waals surface area contributed by atoms with Crippen LogP contribution in [0, 0.1) is 10.1 Å². The molecule has 7 nitrogen and oxygen atoms in total. The molecule has 0 aliphatic rings. The van der Waals surface area contributed by atoms with Gasteiger partial charge in [-0.05, 0) is 42.9 Å². The zero-order chi connectivity index (χ0) is 19.1. The molecule has 2 aromatic carbocycles. The molecule has 140 valence electrons. The van der Waals surface area contributed by atoms with E-state index in [1.807, 2.05) is 4.90 Å². The van der Waals surface area contributed by atoms with Gasteiger partial charge in [0.2, 0.25) is 0 Å². The first-order valence-electron chi connectivity index (χ1n) is 7.95. The third-order valence-electron chi connectivity index (χ3n) is 3.70. The first-order chi connectivity index (χ1) is 12.4. The Hall–Kier alpha value is -2.35. The number of nitrogens with zero attached hydrogens (tertiary/aromatic N) is 2. The molecule has 0 aliphatic heterocycles. The number of nitro benzene ring substituents is 1. The Balaban J connectivity index is 1.85. The summed E-state index contributed by atoms with van der Waals surface area (Å²) >= 11 is 6.10. The van der Waals surface area contributed by atoms with E-state index in [2.05, 4.69) is 0 Å². The second-order valence-corrected chi connectivity index (χ2v) is 6.28. The molecule has 1 atom stereocenters. The summed E-state index contributed by atoms with van der Waals surface area (Å²) < 4.78 is 10.6. The Kier molecular flexibility index (Phi) is 7.20. The van der Waals surface area contributed by atoms with Gasteiger partial charge in [0, 0.05) is 30.2 Å². The largest absolute Gasteiger partial charge is 0.497 e. The van der Waals surface area contributed by atoms with Gasteiger partial charge in [0.25, 0.3) is 5.69 Å². The summed E-state index contributed by atoms with van der Waals surface area (Å²) in [6.45, 7) is 0.828. The highest BCUT2D eigenvalue weighted by Gasteiger charge is 2.14. The molecule has 0 aromatic heterocycles. The van der Waals surface area contributed by atoms with Crippen LogP contribution in [-0.2, 0) is 6.54 Å². The van der Waals surface area contributed by atoms with Crippen molar-refractivity contribution in [1.29, 1.82) is 0 Å². The summed E-state index contributed by atoms with van der Waals surface area (Å²) in [6, 6.07) is 11.4. The zero-order valence-corrected chi connectivity index (χ0v) is 15.3. The highest BCUT2D eigenvalue weighted by molar-refractivity contribution is 6.31. The predicted molar refractivity (Wildman–Crippen MR) is 98.9 cm³/mol. The van der Waals surface area contributed by atoms with Crippen LogP contribution >= 0.6 is 11.6 Å². The molecule has 0 radical (unpaired) electrons. The molecule has 0 heterocycles. The lowest BCUT2D eigenvalue weighted by molar-refractivity contribution is -0.384. The summed E-state index contributed by atoms with van der Waals surface area (Å²) in [5.41, 5.74) is 0.618. The van der Waals surface area contributed by atoms with Crippen LogP contribution in [0.5, 0.6) is 11.5 Å². The van der Waals surface area contributed by atoms with Crippen molar-refractivity contribution in [2.24, 2.45) is 0 Å². The van der Waals surface area contributed by atoms with Crippen LogP contribution in [0.25, 0.3) is 0 Å². The fraction of sp³-hybridized carbons (Fsp3) is 0.333. The average Bonchev–Trinajstić information content (AvgIpc) is 2.62. The molecule has 0 saturated carbocycles. The van der Waals surface area contributed by atoms with Crippen LogP contribution in [0.2, 0.25) is 5.02 Å². The minimum Gasteiger partial charge on any atom is -0.497 e. The highest BCUT2D eigenvalue weighted by atomic mass is 35.5. The molecule has 0 aliphatic carbocycles. The average molecular weight is 381 g/mol. The molecule has 1 N–H and O–H groups in total. The third kappa shape index (κ3) is 5.87. The molecule has 0 unspecified atom stereocenters. The van der Waals surface area contributed by atoms with Gasteiger partial charge in [0.05, 0.1) is 12.0 Å². The number of benzene rings is 2. The number of aliphatic hydroxyl groups is 1. The Morgan fingerprint density at radius 2 is 1.88 bits per heavy atom. The maximum absolute atomic E-state index is 10.9. The van der Waals surface area contributed by atoms with Crippen molar-refractivity contribution in [3.05, 3.63) is 63.2 Å². The van der Waals surface area contributed by atoms with Crippen molar-refractivity contribution < 1.29 is 19.5 Å². The van der Waals surface area contributed by atoms with E-state index in [1.54, 1.807) is 38.4 Å². The minimum absolute atomic E-state index is 0.0128. The fourth-order valence-electron chi connectivity index (χ4n) is 2.43. The Morgan fingerprint density at radius 3 is 2.50 bits per heavy atom. The van der Waals surface area contributed by atoms with Crippen molar-refractivity contribution >= 4 is 17.3 Å². The first-order valence-corrected chi connectivity index (χ1v) is 8.33. The van der Waals surface area contributed by atoms with E-state index >= 15 is 0 Å². The molecule has 2 aromatic rings. The molecule has 0 fully saturated rings. The molecular weight excluding hydrogens is 360 g/mol. The zero-order valence-electron chi connectivity index (χ0n) is 14.6. The van der Waals surface area contributed by atoms with E-state index in [0.717, 1.165) is 5.75 Å². The van der Waals surface area contributed by atoms with Crippen LogP contribution in [0.15, 0.2) is 42.5 Å². The van der Waals surface area contributed by atoms with E-state index in [4.69, 9.17) is 21.1 Å². The molecule has 26 heavy (non-hydrogen) atoms. The molecule has 0 saturated heterocycles. The van der Waals surface area contributed by atoms with Crippen molar-refractivity contribution in [3.63, 3.8) is 0 Å². The highest BCUT2D eigenvalue weighted by Crippen LogP contribution is 2.23. The minimum atomic E-state index is -0.723. The number of methoxy groups -OCH3 is 1. The monoisotopic (exact) mass is 380 g/mol. The number of nitro groups is 1. The Labute approximate surface area is 156 Å². The number of non-ortho nitro benzene ring substituents is 1. The number of rotatable bonds is 9. The fourth-order valence-corrected chi connectivity index (χ4v) is 2.61. The second-order valence-electron chi connectivity index (χ2n) is 5.87. The van der Waals surface area contributed by atoms with Gasteiger partial charge in [-0.2, -0.15) is 0 Å². The quantitative estimate of drug-likeness (QED) is 0.531. The van der Waals surface area contributed by atoms with Crippen LogP contribution in [0.4, 0.5) is 5.69 Å². The summed E-state index contributed by atoms with van der Waals surface area (Å²) in [5.74, 6) is 1.36. The van der Waals surface area contributed by atoms with Crippen molar-refractivity contribution in [2.45, 2.75) is 12.6 Å². The van der Waals surface area contributed by atoms with E-state index in [9.17, 15) is 15.2 Å². The van der Waals surface area contributed by atoms with Gasteiger partial charge in [-0.15, -0.1) is 0 Å². The molecule has 0 spiro atoms. The van der Waals surface area contributed by atoms with Crippen LogP contribution in [0.3, 0.4) is 0 Å². The Morgan fingerprint density at radius 1 is 1.23 bits per heavy atom. The predicted octanol–water partition coefficient (Wildman–Crippen LogP) is 3.13. The van der Waals surface area contributed by atoms with E-state index in [0.29, 0.717) is 29.4 Å². The summed E-state index contributed by atoms with van der Waals surface area (Å²) in [5, 5.41) is 21.5. The Bertz CT molecular complexity index is 739. The topological polar surface area (TPSA) is 85.1 Å². The van der Waals surface area contributed by atoms with Crippen molar-refractivity contribution in [3.8, 4) is 11.5 Å². The molecular formula is C18H21ClN2O5. The van der Waals surface area contributed by atoms with E-state index in [1.165, 1.54) is 18.2 Å². The number of likely N-dealkylation sites (N-methyl/N-ethyl adjacent to an activating group) is 1. The van der Waals surface area contributed by atoms with Crippen molar-refractivity contribution in [2.75, 3.05) is 27.3 Å². The van der Waals surface area contributed by atoms with Crippen LogP contribution < -0.4 is 9.47 Å². The lowest BCUT2D eigenvalue weighted by atomic mass is 10.2. The first kappa shape index (κ1) is 20.0. The number of hydrogen-bond acceptors (Lipinski definition) is 6. The van der Waals surface area contributed by atoms with Gasteiger partial charge in [-0.1, -0.05) is 11.6 Å². The summed E-state index contributed by atoms with van der Waals surface area (Å²) in [6.07, 6.45) is -0.723. The number of ether oxygens (including phenoxy) is 2. The maximum Gasteiger partial charge on any atom is 0.269 e. The lowest BCUT2D eigenvalue weighted by Crippen LogP contribution is -2.32. The third-order valence-corrected chi connectivity index (χ3v) is 4.07. The number of hydrogen-bond donors (Lipinski definition) is 1. The molecule has 2 rings (SSSR count). The summed E-state index contributed by atoms with van der Waals surface area (Å²) in [7, 11) is 3.38. The number of aliphatic hydroxyl groups excluding tert-OH is 1. The number of halogens is 1. The molecule has 0 amide bonds.